The maximum atomic E-state index is 6.18. The molecule has 94 valence electrons. The summed E-state index contributed by atoms with van der Waals surface area (Å²) in [4.78, 5) is 8.91. The Morgan fingerprint density at radius 3 is 2.47 bits per heavy atom. The molecule has 0 amide bonds. The van der Waals surface area contributed by atoms with Crippen molar-refractivity contribution in [1.82, 2.24) is 9.97 Å². The van der Waals surface area contributed by atoms with Gasteiger partial charge in [0.15, 0.2) is 0 Å². The van der Waals surface area contributed by atoms with Gasteiger partial charge in [-0.1, -0.05) is 41.4 Å². The number of hydrogen-bond acceptors (Lipinski definition) is 3. The lowest BCUT2D eigenvalue weighted by molar-refractivity contribution is 1.29. The molecule has 0 saturated carbocycles. The normalized spacial score (nSPS) is 10.6. The number of benzene rings is 1. The van der Waals surface area contributed by atoms with Crippen LogP contribution in [-0.2, 0) is 0 Å². The minimum atomic E-state index is 0.677. The zero-order chi connectivity index (χ0) is 13.2. The fourth-order valence-electron chi connectivity index (χ4n) is 1.83. The van der Waals surface area contributed by atoms with Gasteiger partial charge in [-0.25, -0.2) is 9.97 Å². The molecule has 1 aromatic carbocycles. The van der Waals surface area contributed by atoms with Crippen LogP contribution in [0.3, 0.4) is 0 Å². The van der Waals surface area contributed by atoms with Crippen LogP contribution in [0.2, 0.25) is 5.02 Å². The molecular weight excluding hydrogens is 276 g/mol. The third-order valence-corrected chi connectivity index (χ3v) is 3.80. The summed E-state index contributed by atoms with van der Waals surface area (Å²) in [6.07, 6.45) is 1.77. The molecule has 0 spiro atoms. The lowest BCUT2D eigenvalue weighted by atomic mass is 10.1. The molecule has 2 nitrogen and oxygen atoms in total. The molecule has 0 aliphatic carbocycles. The Labute approximate surface area is 120 Å². The molecule has 4 heteroatoms. The molecule has 0 atom stereocenters. The van der Waals surface area contributed by atoms with E-state index in [1.807, 2.05) is 17.5 Å². The molecule has 0 bridgehead atoms. The highest BCUT2D eigenvalue weighted by Gasteiger charge is 2.07. The quantitative estimate of drug-likeness (QED) is 0.674. The van der Waals surface area contributed by atoms with Crippen molar-refractivity contribution in [3.63, 3.8) is 0 Å². The second-order valence-electron chi connectivity index (χ2n) is 4.26. The monoisotopic (exact) mass is 286 g/mol. The molecule has 0 fully saturated rings. The van der Waals surface area contributed by atoms with Crippen molar-refractivity contribution >= 4 is 22.9 Å². The van der Waals surface area contributed by atoms with Crippen molar-refractivity contribution in [2.45, 2.75) is 6.92 Å². The number of pyridine rings is 1. The predicted molar refractivity (Wildman–Crippen MR) is 80.5 cm³/mol. The molecule has 19 heavy (non-hydrogen) atoms. The summed E-state index contributed by atoms with van der Waals surface area (Å²) in [5.74, 6) is 0. The van der Waals surface area contributed by atoms with Crippen LogP contribution in [0.25, 0.3) is 22.0 Å². The Morgan fingerprint density at radius 1 is 1.05 bits per heavy atom. The summed E-state index contributed by atoms with van der Waals surface area (Å²) in [5.41, 5.74) is 3.98. The standard InChI is InChI=1S/C15H11ClN2S/c1-10-2-4-11(5-3-10)13-8-12(16)9-14(18-13)15-17-6-7-19-15/h2-9H,1H3. The number of rotatable bonds is 2. The summed E-state index contributed by atoms with van der Waals surface area (Å²) >= 11 is 7.74. The Hall–Kier alpha value is -1.71. The van der Waals surface area contributed by atoms with E-state index in [0.717, 1.165) is 22.0 Å². The zero-order valence-electron chi connectivity index (χ0n) is 10.3. The van der Waals surface area contributed by atoms with Crippen molar-refractivity contribution in [3.8, 4) is 22.0 Å². The highest BCUT2D eigenvalue weighted by molar-refractivity contribution is 7.13. The highest BCUT2D eigenvalue weighted by Crippen LogP contribution is 2.28. The van der Waals surface area contributed by atoms with Gasteiger partial charge >= 0.3 is 0 Å². The fourth-order valence-corrected chi connectivity index (χ4v) is 2.63. The summed E-state index contributed by atoms with van der Waals surface area (Å²) in [6.45, 7) is 2.07. The molecule has 3 aromatic rings. The number of hydrogen-bond donors (Lipinski definition) is 0. The van der Waals surface area contributed by atoms with Gasteiger partial charge in [0.1, 0.15) is 10.7 Å². The molecular formula is C15H11ClN2S. The average molecular weight is 287 g/mol. The van der Waals surface area contributed by atoms with Crippen molar-refractivity contribution in [3.05, 3.63) is 58.6 Å². The lowest BCUT2D eigenvalue weighted by Crippen LogP contribution is -1.88. The molecule has 3 rings (SSSR count). The third-order valence-electron chi connectivity index (χ3n) is 2.79. The van der Waals surface area contributed by atoms with E-state index in [-0.39, 0.29) is 0 Å². The Morgan fingerprint density at radius 2 is 1.79 bits per heavy atom. The molecule has 2 aromatic heterocycles. The van der Waals surface area contributed by atoms with Gasteiger partial charge in [0.05, 0.1) is 5.69 Å². The molecule has 0 N–H and O–H groups in total. The van der Waals surface area contributed by atoms with Crippen LogP contribution in [0.15, 0.2) is 48.0 Å². The van der Waals surface area contributed by atoms with E-state index in [0.29, 0.717) is 5.02 Å². The average Bonchev–Trinajstić information content (AvgIpc) is 2.93. The second-order valence-corrected chi connectivity index (χ2v) is 5.59. The smallest absolute Gasteiger partial charge is 0.141 e. The molecule has 0 saturated heterocycles. The van der Waals surface area contributed by atoms with E-state index in [1.54, 1.807) is 17.5 Å². The number of halogens is 1. The van der Waals surface area contributed by atoms with E-state index in [2.05, 4.69) is 41.2 Å². The Bertz CT molecular complexity index is 691. The molecule has 0 unspecified atom stereocenters. The number of aromatic nitrogens is 2. The Balaban J connectivity index is 2.10. The van der Waals surface area contributed by atoms with Crippen molar-refractivity contribution < 1.29 is 0 Å². The van der Waals surface area contributed by atoms with Crippen molar-refractivity contribution in [1.29, 1.82) is 0 Å². The number of aryl methyl sites for hydroxylation is 1. The van der Waals surface area contributed by atoms with Gasteiger partial charge in [-0.2, -0.15) is 0 Å². The van der Waals surface area contributed by atoms with Crippen LogP contribution < -0.4 is 0 Å². The SMILES string of the molecule is Cc1ccc(-c2cc(Cl)cc(-c3nccs3)n2)cc1. The van der Waals surface area contributed by atoms with Gasteiger partial charge in [0.25, 0.3) is 0 Å². The van der Waals surface area contributed by atoms with Gasteiger partial charge < -0.3 is 0 Å². The van der Waals surface area contributed by atoms with Gasteiger partial charge in [-0.15, -0.1) is 11.3 Å². The van der Waals surface area contributed by atoms with E-state index in [9.17, 15) is 0 Å². The summed E-state index contributed by atoms with van der Waals surface area (Å²) in [5, 5.41) is 3.50. The first-order chi connectivity index (χ1) is 9.22. The van der Waals surface area contributed by atoms with Crippen LogP contribution in [0.1, 0.15) is 5.56 Å². The van der Waals surface area contributed by atoms with Crippen LogP contribution in [0.5, 0.6) is 0 Å². The summed E-state index contributed by atoms with van der Waals surface area (Å²) in [6, 6.07) is 12.0. The third kappa shape index (κ3) is 2.67. The molecule has 2 heterocycles. The zero-order valence-corrected chi connectivity index (χ0v) is 11.9. The van der Waals surface area contributed by atoms with E-state index in [1.165, 1.54) is 5.56 Å². The first-order valence-electron chi connectivity index (χ1n) is 5.87. The maximum Gasteiger partial charge on any atom is 0.141 e. The first kappa shape index (κ1) is 12.3. The van der Waals surface area contributed by atoms with Gasteiger partial charge in [-0.05, 0) is 19.1 Å². The fraction of sp³-hybridized carbons (Fsp3) is 0.0667. The first-order valence-corrected chi connectivity index (χ1v) is 7.12. The number of nitrogens with zero attached hydrogens (tertiary/aromatic N) is 2. The van der Waals surface area contributed by atoms with Crippen LogP contribution in [0, 0.1) is 6.92 Å². The van der Waals surface area contributed by atoms with Crippen LogP contribution >= 0.6 is 22.9 Å². The summed E-state index contributed by atoms with van der Waals surface area (Å²) in [7, 11) is 0. The largest absolute Gasteiger partial charge is 0.245 e. The van der Waals surface area contributed by atoms with Crippen molar-refractivity contribution in [2.24, 2.45) is 0 Å². The topological polar surface area (TPSA) is 25.8 Å². The van der Waals surface area contributed by atoms with Gasteiger partial charge in [-0.3, -0.25) is 0 Å². The van der Waals surface area contributed by atoms with Crippen LogP contribution in [-0.4, -0.2) is 9.97 Å². The Kier molecular flexibility index (Phi) is 3.32. The second kappa shape index (κ2) is 5.11. The molecule has 0 aliphatic rings. The minimum absolute atomic E-state index is 0.677. The lowest BCUT2D eigenvalue weighted by Gasteiger charge is -2.05. The minimum Gasteiger partial charge on any atom is -0.245 e. The van der Waals surface area contributed by atoms with E-state index >= 15 is 0 Å². The maximum absolute atomic E-state index is 6.18. The van der Waals surface area contributed by atoms with E-state index < -0.39 is 0 Å². The van der Waals surface area contributed by atoms with Gasteiger partial charge in [0.2, 0.25) is 0 Å². The summed E-state index contributed by atoms with van der Waals surface area (Å²) < 4.78 is 0. The molecule has 0 radical (unpaired) electrons. The van der Waals surface area contributed by atoms with Crippen molar-refractivity contribution in [2.75, 3.05) is 0 Å². The van der Waals surface area contributed by atoms with Crippen LogP contribution in [0.4, 0.5) is 0 Å². The number of thiazole rings is 1. The van der Waals surface area contributed by atoms with E-state index in [4.69, 9.17) is 11.6 Å². The molecule has 0 aliphatic heterocycles. The highest BCUT2D eigenvalue weighted by atomic mass is 35.5. The predicted octanol–water partition coefficient (Wildman–Crippen LogP) is 4.83. The van der Waals surface area contributed by atoms with Gasteiger partial charge in [0, 0.05) is 22.2 Å².